The van der Waals surface area contributed by atoms with Crippen molar-refractivity contribution >= 4 is 5.91 Å². The zero-order valence-electron chi connectivity index (χ0n) is 21.8. The Morgan fingerprint density at radius 1 is 1.17 bits per heavy atom. The summed E-state index contributed by atoms with van der Waals surface area (Å²) in [6, 6.07) is -0.0851. The van der Waals surface area contributed by atoms with Gasteiger partial charge in [-0.05, 0) is 70.3 Å². The maximum absolute atomic E-state index is 12.7. The molecular weight excluding hydrogens is 454 g/mol. The second kappa shape index (κ2) is 13.0. The summed E-state index contributed by atoms with van der Waals surface area (Å²) < 4.78 is 17.9. The fraction of sp³-hybridized carbons (Fsp3) is 0.633. The third-order valence-corrected chi connectivity index (χ3v) is 7.46. The van der Waals surface area contributed by atoms with Crippen LogP contribution in [0.3, 0.4) is 0 Å². The Bertz CT molecular complexity index is 890. The molecule has 4 aliphatic rings. The van der Waals surface area contributed by atoms with Crippen LogP contribution in [0.1, 0.15) is 65.2 Å². The van der Waals surface area contributed by atoms with E-state index >= 15 is 0 Å². The maximum atomic E-state index is 12.7. The molecule has 6 heteroatoms. The highest BCUT2D eigenvalue weighted by molar-refractivity contribution is 5.87. The van der Waals surface area contributed by atoms with Crippen LogP contribution in [0.5, 0.6) is 0 Å². The molecule has 0 aliphatic carbocycles. The van der Waals surface area contributed by atoms with Gasteiger partial charge in [0.05, 0.1) is 37.1 Å². The first-order valence-electron chi connectivity index (χ1n) is 13.6. The normalized spacial score (nSPS) is 39.5. The van der Waals surface area contributed by atoms with Gasteiger partial charge >= 0.3 is 0 Å². The molecule has 2 N–H and O–H groups in total. The van der Waals surface area contributed by atoms with Gasteiger partial charge in [0.1, 0.15) is 6.10 Å². The van der Waals surface area contributed by atoms with Crippen molar-refractivity contribution in [3.63, 3.8) is 0 Å². The molecule has 0 aromatic rings. The third kappa shape index (κ3) is 8.55. The minimum absolute atomic E-state index is 0.00346. The molecule has 4 rings (SSSR count). The van der Waals surface area contributed by atoms with E-state index in [0.717, 1.165) is 31.3 Å². The third-order valence-electron chi connectivity index (χ3n) is 7.46. The lowest BCUT2D eigenvalue weighted by Gasteiger charge is -2.28. The molecule has 198 valence electrons. The van der Waals surface area contributed by atoms with E-state index < -0.39 is 6.10 Å². The predicted octanol–water partition coefficient (Wildman–Crippen LogP) is 4.71. The molecule has 4 aliphatic heterocycles. The molecule has 0 spiro atoms. The van der Waals surface area contributed by atoms with E-state index in [2.05, 4.69) is 56.1 Å². The van der Waals surface area contributed by atoms with Crippen LogP contribution in [0.4, 0.5) is 0 Å². The van der Waals surface area contributed by atoms with Crippen molar-refractivity contribution in [2.45, 2.75) is 108 Å². The quantitative estimate of drug-likeness (QED) is 0.436. The molecule has 0 aromatic heterocycles. The van der Waals surface area contributed by atoms with Crippen LogP contribution in [-0.2, 0) is 19.0 Å². The van der Waals surface area contributed by atoms with Crippen molar-refractivity contribution in [1.29, 1.82) is 0 Å². The Kier molecular flexibility index (Phi) is 9.77. The Labute approximate surface area is 216 Å². The summed E-state index contributed by atoms with van der Waals surface area (Å²) in [6.07, 6.45) is 19.8. The summed E-state index contributed by atoms with van der Waals surface area (Å²) in [5, 5.41) is 13.9. The van der Waals surface area contributed by atoms with Gasteiger partial charge in [-0.25, -0.2) is 0 Å². The van der Waals surface area contributed by atoms with Crippen LogP contribution < -0.4 is 5.32 Å². The number of nitrogens with one attached hydrogen (secondary N) is 1. The van der Waals surface area contributed by atoms with Gasteiger partial charge in [0.2, 0.25) is 5.91 Å². The Balaban J connectivity index is 1.40. The minimum atomic E-state index is -0.566. The fourth-order valence-corrected chi connectivity index (χ4v) is 5.57. The number of rotatable bonds is 3. The van der Waals surface area contributed by atoms with Crippen LogP contribution >= 0.6 is 0 Å². The van der Waals surface area contributed by atoms with Crippen LogP contribution in [0, 0.1) is 5.92 Å². The van der Waals surface area contributed by atoms with E-state index in [4.69, 9.17) is 14.2 Å². The van der Waals surface area contributed by atoms with Crippen LogP contribution in [-0.4, -0.2) is 60.3 Å². The molecule has 2 bridgehead atoms. The van der Waals surface area contributed by atoms with Crippen LogP contribution in [0.25, 0.3) is 0 Å². The standard InChI is InChI=1S/C30H43NO5/c1-20-13-14-34-25(16-20)10-4-7-23-19-28-30(36-28)27(32)18-22(3)15-21(2)17-26-11-5-8-24(35-26)9-6-12-29(33)31-23/h4-6,8,10,12-13,21,23-28,30,32H,3,7,9,11,14-19H2,1-2H3,(H,31,33)/b10-4+,12-6-/t21-,23+,24-,25+,26-,27-,28-,30?/m0/s1. The predicted molar refractivity (Wildman–Crippen MR) is 141 cm³/mol. The van der Waals surface area contributed by atoms with E-state index in [1.54, 1.807) is 6.08 Å². The summed E-state index contributed by atoms with van der Waals surface area (Å²) in [7, 11) is 0. The fourth-order valence-electron chi connectivity index (χ4n) is 5.57. The maximum Gasteiger partial charge on any atom is 0.243 e. The Morgan fingerprint density at radius 2 is 2.03 bits per heavy atom. The van der Waals surface area contributed by atoms with Gasteiger partial charge in [-0.15, -0.1) is 0 Å². The van der Waals surface area contributed by atoms with Crippen molar-refractivity contribution < 1.29 is 24.1 Å². The second-order valence-corrected chi connectivity index (χ2v) is 11.0. The number of hydrogen-bond donors (Lipinski definition) is 2. The summed E-state index contributed by atoms with van der Waals surface area (Å²) in [4.78, 5) is 12.7. The molecule has 1 amide bonds. The van der Waals surface area contributed by atoms with E-state index in [-0.39, 0.29) is 42.5 Å². The van der Waals surface area contributed by atoms with E-state index in [1.165, 1.54) is 5.57 Å². The second-order valence-electron chi connectivity index (χ2n) is 11.0. The molecular formula is C30H43NO5. The zero-order valence-corrected chi connectivity index (χ0v) is 21.8. The molecule has 8 atom stereocenters. The minimum Gasteiger partial charge on any atom is -0.390 e. The lowest BCUT2D eigenvalue weighted by atomic mass is 9.91. The van der Waals surface area contributed by atoms with Gasteiger partial charge < -0.3 is 24.6 Å². The lowest BCUT2D eigenvalue weighted by molar-refractivity contribution is -0.117. The number of carbonyl (C=O) groups excluding carboxylic acids is 1. The van der Waals surface area contributed by atoms with E-state index in [1.807, 2.05) is 6.08 Å². The molecule has 1 fully saturated rings. The number of carbonyl (C=O) groups is 1. The van der Waals surface area contributed by atoms with Crippen molar-refractivity contribution in [2.75, 3.05) is 6.61 Å². The topological polar surface area (TPSA) is 80.3 Å². The first-order chi connectivity index (χ1) is 17.4. The smallest absolute Gasteiger partial charge is 0.243 e. The molecule has 0 aromatic carbocycles. The number of amides is 1. The van der Waals surface area contributed by atoms with Crippen molar-refractivity contribution in [2.24, 2.45) is 5.92 Å². The number of aliphatic hydroxyl groups excluding tert-OH is 1. The summed E-state index contributed by atoms with van der Waals surface area (Å²) in [5.41, 5.74) is 2.40. The molecule has 1 saturated heterocycles. The molecule has 0 saturated carbocycles. The first-order valence-corrected chi connectivity index (χ1v) is 13.6. The van der Waals surface area contributed by atoms with Crippen LogP contribution in [0.15, 0.2) is 60.3 Å². The molecule has 36 heavy (non-hydrogen) atoms. The molecule has 1 unspecified atom stereocenters. The zero-order chi connectivity index (χ0) is 25.5. The van der Waals surface area contributed by atoms with Gasteiger partial charge in [0.15, 0.2) is 0 Å². The van der Waals surface area contributed by atoms with Gasteiger partial charge in [0, 0.05) is 6.04 Å². The highest BCUT2D eigenvalue weighted by Gasteiger charge is 2.45. The van der Waals surface area contributed by atoms with Gasteiger partial charge in [0.25, 0.3) is 0 Å². The number of epoxide rings is 1. The number of hydrogen-bond acceptors (Lipinski definition) is 5. The largest absolute Gasteiger partial charge is 0.390 e. The van der Waals surface area contributed by atoms with Crippen molar-refractivity contribution in [3.05, 3.63) is 60.3 Å². The van der Waals surface area contributed by atoms with Gasteiger partial charge in [-0.3, -0.25) is 4.79 Å². The number of aliphatic hydroxyl groups is 1. The summed E-state index contributed by atoms with van der Waals surface area (Å²) in [5.74, 6) is 0.319. The Morgan fingerprint density at radius 3 is 2.86 bits per heavy atom. The van der Waals surface area contributed by atoms with E-state index in [0.29, 0.717) is 38.2 Å². The monoisotopic (exact) mass is 497 g/mol. The highest BCUT2D eigenvalue weighted by atomic mass is 16.6. The Hall–Kier alpha value is -1.99. The first kappa shape index (κ1) is 27.1. The highest BCUT2D eigenvalue weighted by Crippen LogP contribution is 2.34. The SMILES string of the molecule is C=C1C[C@H](C)C[C@@H]2CC=C[C@@H](C/C=C\C(=O)N[C@H](C/C=C/[C@@H]3CC(C)=CCO3)C[C@@H]3OC3[C@@H](O)C1)O2. The number of fused-ring (bicyclic) bond motifs is 3. The average molecular weight is 498 g/mol. The molecule has 6 nitrogen and oxygen atoms in total. The van der Waals surface area contributed by atoms with Crippen molar-refractivity contribution in [3.8, 4) is 0 Å². The lowest BCUT2D eigenvalue weighted by Crippen LogP contribution is -2.35. The molecule has 0 radical (unpaired) electrons. The van der Waals surface area contributed by atoms with Gasteiger partial charge in [-0.1, -0.05) is 61.1 Å². The van der Waals surface area contributed by atoms with E-state index in [9.17, 15) is 9.90 Å². The summed E-state index contributed by atoms with van der Waals surface area (Å²) in [6.45, 7) is 9.23. The summed E-state index contributed by atoms with van der Waals surface area (Å²) >= 11 is 0. The van der Waals surface area contributed by atoms with Crippen LogP contribution in [0.2, 0.25) is 0 Å². The number of ether oxygens (including phenoxy) is 3. The van der Waals surface area contributed by atoms with Gasteiger partial charge in [-0.2, -0.15) is 0 Å². The molecule has 4 heterocycles. The average Bonchev–Trinajstić information content (AvgIpc) is 3.58. The van der Waals surface area contributed by atoms with Crippen molar-refractivity contribution in [1.82, 2.24) is 5.32 Å².